The fraction of sp³-hybridized carbons (Fsp3) is 0.333. The average Bonchev–Trinajstić information content (AvgIpc) is 3.13. The second-order valence-corrected chi connectivity index (χ2v) is 6.55. The van der Waals surface area contributed by atoms with E-state index >= 15 is 0 Å². The Bertz CT molecular complexity index is 724. The highest BCUT2D eigenvalue weighted by Crippen LogP contribution is 2.24. The first-order valence-corrected chi connectivity index (χ1v) is 8.48. The van der Waals surface area contributed by atoms with Crippen LogP contribution in [0.15, 0.2) is 42.6 Å². The van der Waals surface area contributed by atoms with Gasteiger partial charge >= 0.3 is 0 Å². The van der Waals surface area contributed by atoms with Gasteiger partial charge in [-0.05, 0) is 42.8 Å². The largest absolute Gasteiger partial charge is 0.342 e. The molecule has 3 aromatic rings. The zero-order valence-electron chi connectivity index (χ0n) is 12.7. The molecule has 2 nitrogen and oxygen atoms in total. The first kappa shape index (κ1) is 14.4. The van der Waals surface area contributed by atoms with Gasteiger partial charge in [-0.3, -0.25) is 0 Å². The first-order chi connectivity index (χ1) is 10.3. The lowest BCUT2D eigenvalue weighted by atomic mass is 10.1. The van der Waals surface area contributed by atoms with Crippen molar-refractivity contribution in [2.75, 3.05) is 6.54 Å². The lowest BCUT2D eigenvalue weighted by Crippen LogP contribution is -2.11. The van der Waals surface area contributed by atoms with Crippen LogP contribution in [0.3, 0.4) is 0 Å². The van der Waals surface area contributed by atoms with Crippen molar-refractivity contribution in [3.05, 3.63) is 57.9 Å². The number of aryl methyl sites for hydroxylation is 1. The summed E-state index contributed by atoms with van der Waals surface area (Å²) >= 11 is 1.92. The summed E-state index contributed by atoms with van der Waals surface area (Å²) in [7, 11) is 0. The van der Waals surface area contributed by atoms with E-state index in [1.54, 1.807) is 0 Å². The number of nitrogens with one attached hydrogen (secondary N) is 1. The van der Waals surface area contributed by atoms with Crippen LogP contribution in [0.2, 0.25) is 0 Å². The number of hydrogen-bond acceptors (Lipinski definition) is 2. The van der Waals surface area contributed by atoms with E-state index in [1.165, 1.54) is 26.2 Å². The second-order valence-electron chi connectivity index (χ2n) is 5.30. The molecule has 21 heavy (non-hydrogen) atoms. The summed E-state index contributed by atoms with van der Waals surface area (Å²) in [6.07, 6.45) is 3.34. The Kier molecular flexibility index (Phi) is 4.42. The predicted octanol–water partition coefficient (Wildman–Crippen LogP) is 4.42. The topological polar surface area (TPSA) is 17.0 Å². The molecule has 0 bridgehead atoms. The number of nitrogens with zero attached hydrogens (tertiary/aromatic N) is 1. The maximum absolute atomic E-state index is 3.42. The standard InChI is InChI=1S/C18H22N2S/c1-3-15-8-9-16(21-15)13-20-11-10-17-14(12-19-4-2)6-5-7-18(17)20/h5-11,19H,3-4,12-13H2,1-2H3. The zero-order chi connectivity index (χ0) is 14.7. The lowest BCUT2D eigenvalue weighted by molar-refractivity contribution is 0.730. The maximum atomic E-state index is 3.42. The monoisotopic (exact) mass is 298 g/mol. The number of aromatic nitrogens is 1. The van der Waals surface area contributed by atoms with Gasteiger partial charge in [0.2, 0.25) is 0 Å². The molecule has 2 heterocycles. The van der Waals surface area contributed by atoms with Crippen molar-refractivity contribution in [2.24, 2.45) is 0 Å². The first-order valence-electron chi connectivity index (χ1n) is 7.66. The van der Waals surface area contributed by atoms with Crippen molar-refractivity contribution in [3.8, 4) is 0 Å². The van der Waals surface area contributed by atoms with E-state index in [0.29, 0.717) is 0 Å². The lowest BCUT2D eigenvalue weighted by Gasteiger charge is -2.07. The van der Waals surface area contributed by atoms with E-state index in [1.807, 2.05) is 11.3 Å². The van der Waals surface area contributed by atoms with Gasteiger partial charge in [0.15, 0.2) is 0 Å². The number of rotatable bonds is 6. The number of fused-ring (bicyclic) bond motifs is 1. The Morgan fingerprint density at radius 2 is 1.90 bits per heavy atom. The molecule has 0 aliphatic rings. The van der Waals surface area contributed by atoms with Crippen LogP contribution >= 0.6 is 11.3 Å². The van der Waals surface area contributed by atoms with E-state index in [0.717, 1.165) is 26.1 Å². The van der Waals surface area contributed by atoms with Gasteiger partial charge in [-0.25, -0.2) is 0 Å². The van der Waals surface area contributed by atoms with Gasteiger partial charge < -0.3 is 9.88 Å². The van der Waals surface area contributed by atoms with Crippen LogP contribution in [0.5, 0.6) is 0 Å². The molecule has 3 rings (SSSR count). The summed E-state index contributed by atoms with van der Waals surface area (Å²) in [6.45, 7) is 7.28. The molecular weight excluding hydrogens is 276 g/mol. The Morgan fingerprint density at radius 3 is 2.67 bits per heavy atom. The third kappa shape index (κ3) is 3.04. The molecule has 2 aromatic heterocycles. The molecule has 3 heteroatoms. The van der Waals surface area contributed by atoms with E-state index in [9.17, 15) is 0 Å². The van der Waals surface area contributed by atoms with E-state index in [4.69, 9.17) is 0 Å². The molecule has 0 saturated carbocycles. The predicted molar refractivity (Wildman–Crippen MR) is 92.1 cm³/mol. The number of hydrogen-bond donors (Lipinski definition) is 1. The molecule has 0 unspecified atom stereocenters. The zero-order valence-corrected chi connectivity index (χ0v) is 13.5. The van der Waals surface area contributed by atoms with Crippen LogP contribution in [0.1, 0.15) is 29.2 Å². The van der Waals surface area contributed by atoms with Crippen molar-refractivity contribution >= 4 is 22.2 Å². The summed E-state index contributed by atoms with van der Waals surface area (Å²) < 4.78 is 2.36. The number of thiophene rings is 1. The van der Waals surface area contributed by atoms with Gasteiger partial charge in [-0.1, -0.05) is 26.0 Å². The molecular formula is C18H22N2S. The second kappa shape index (κ2) is 6.46. The minimum absolute atomic E-state index is 0.941. The van der Waals surface area contributed by atoms with Gasteiger partial charge in [0, 0.05) is 33.4 Å². The van der Waals surface area contributed by atoms with Crippen LogP contribution in [-0.4, -0.2) is 11.1 Å². The molecule has 0 radical (unpaired) electrons. The third-order valence-corrected chi connectivity index (χ3v) is 5.08. The summed E-state index contributed by atoms with van der Waals surface area (Å²) in [5.74, 6) is 0. The average molecular weight is 298 g/mol. The van der Waals surface area contributed by atoms with Gasteiger partial charge in [0.1, 0.15) is 0 Å². The highest BCUT2D eigenvalue weighted by Gasteiger charge is 2.07. The minimum Gasteiger partial charge on any atom is -0.342 e. The maximum Gasteiger partial charge on any atom is 0.0569 e. The van der Waals surface area contributed by atoms with Crippen molar-refractivity contribution in [1.29, 1.82) is 0 Å². The Morgan fingerprint density at radius 1 is 1.05 bits per heavy atom. The molecule has 0 aliphatic carbocycles. The van der Waals surface area contributed by atoms with Gasteiger partial charge in [0.05, 0.1) is 6.54 Å². The normalized spacial score (nSPS) is 11.3. The van der Waals surface area contributed by atoms with Crippen molar-refractivity contribution in [3.63, 3.8) is 0 Å². The van der Waals surface area contributed by atoms with Crippen molar-refractivity contribution in [2.45, 2.75) is 33.4 Å². The molecule has 0 aliphatic heterocycles. The minimum atomic E-state index is 0.941. The van der Waals surface area contributed by atoms with Crippen LogP contribution in [0, 0.1) is 0 Å². The van der Waals surface area contributed by atoms with Gasteiger partial charge in [0.25, 0.3) is 0 Å². The van der Waals surface area contributed by atoms with Crippen LogP contribution in [0.4, 0.5) is 0 Å². The number of benzene rings is 1. The van der Waals surface area contributed by atoms with E-state index in [2.05, 4.69) is 66.3 Å². The van der Waals surface area contributed by atoms with Gasteiger partial charge in [-0.2, -0.15) is 0 Å². The molecule has 0 fully saturated rings. The SMILES string of the molecule is CCNCc1cccc2c1ccn2Cc1ccc(CC)s1. The van der Waals surface area contributed by atoms with Crippen molar-refractivity contribution in [1.82, 2.24) is 9.88 Å². The summed E-state index contributed by atoms with van der Waals surface area (Å²) in [5, 5.41) is 4.79. The fourth-order valence-electron chi connectivity index (χ4n) is 2.70. The van der Waals surface area contributed by atoms with Crippen molar-refractivity contribution < 1.29 is 0 Å². The van der Waals surface area contributed by atoms with Crippen LogP contribution < -0.4 is 5.32 Å². The highest BCUT2D eigenvalue weighted by molar-refractivity contribution is 7.11. The molecule has 1 aromatic carbocycles. The van der Waals surface area contributed by atoms with Crippen LogP contribution in [0.25, 0.3) is 10.9 Å². The molecule has 0 saturated heterocycles. The molecule has 0 atom stereocenters. The Labute approximate surface area is 130 Å². The summed E-state index contributed by atoms with van der Waals surface area (Å²) in [4.78, 5) is 2.90. The molecule has 0 amide bonds. The van der Waals surface area contributed by atoms with Crippen LogP contribution in [-0.2, 0) is 19.5 Å². The quantitative estimate of drug-likeness (QED) is 0.712. The Hall–Kier alpha value is -1.58. The van der Waals surface area contributed by atoms with E-state index < -0.39 is 0 Å². The molecule has 0 spiro atoms. The summed E-state index contributed by atoms with van der Waals surface area (Å²) in [6, 6.07) is 13.4. The fourth-order valence-corrected chi connectivity index (χ4v) is 3.66. The van der Waals surface area contributed by atoms with Gasteiger partial charge in [-0.15, -0.1) is 11.3 Å². The Balaban J connectivity index is 1.89. The molecule has 1 N–H and O–H groups in total. The summed E-state index contributed by atoms with van der Waals surface area (Å²) in [5.41, 5.74) is 2.71. The highest BCUT2D eigenvalue weighted by atomic mass is 32.1. The molecule has 110 valence electrons. The smallest absolute Gasteiger partial charge is 0.0569 e. The van der Waals surface area contributed by atoms with E-state index in [-0.39, 0.29) is 0 Å². The third-order valence-electron chi connectivity index (χ3n) is 3.86.